The van der Waals surface area contributed by atoms with Crippen LogP contribution in [0.1, 0.15) is 45.4 Å². The molecule has 0 aromatic heterocycles. The second-order valence-corrected chi connectivity index (χ2v) is 4.43. The fourth-order valence-electron chi connectivity index (χ4n) is 1.60. The Morgan fingerprint density at radius 1 is 1.06 bits per heavy atom. The number of nitrogens with two attached hydrogens (primary N) is 2. The van der Waals surface area contributed by atoms with E-state index in [9.17, 15) is 0 Å². The van der Waals surface area contributed by atoms with Crippen molar-refractivity contribution in [2.45, 2.75) is 45.4 Å². The van der Waals surface area contributed by atoms with Crippen LogP contribution >= 0.6 is 24.4 Å². The molecule has 0 aliphatic heterocycles. The van der Waals surface area contributed by atoms with Crippen molar-refractivity contribution in [3.63, 3.8) is 0 Å². The van der Waals surface area contributed by atoms with Crippen LogP contribution in [0.4, 0.5) is 0 Å². The molecule has 4 nitrogen and oxygen atoms in total. The summed E-state index contributed by atoms with van der Waals surface area (Å²) in [6, 6.07) is 0. The van der Waals surface area contributed by atoms with E-state index in [1.165, 1.54) is 38.5 Å². The summed E-state index contributed by atoms with van der Waals surface area (Å²) in [5, 5.41) is 14.1. The molecular weight excluding hydrogens is 267 g/mol. The normalized spacial score (nSPS) is 13.9. The zero-order valence-electron chi connectivity index (χ0n) is 9.69. The summed E-state index contributed by atoms with van der Waals surface area (Å²) in [7, 11) is 0. The predicted octanol–water partition coefficient (Wildman–Crippen LogP) is 1.90. The number of hydrogen-bond acceptors (Lipinski definition) is 2. The van der Waals surface area contributed by atoms with Crippen molar-refractivity contribution in [1.29, 1.82) is 0 Å². The van der Waals surface area contributed by atoms with Gasteiger partial charge in [-0.3, -0.25) is 0 Å². The molecule has 1 rings (SSSR count). The van der Waals surface area contributed by atoms with Crippen LogP contribution in [0, 0.1) is 5.92 Å². The molecule has 0 aromatic rings. The Bertz CT molecular complexity index is 181. The van der Waals surface area contributed by atoms with Crippen molar-refractivity contribution < 1.29 is 10.2 Å². The van der Waals surface area contributed by atoms with Gasteiger partial charge in [0.25, 0.3) is 10.3 Å². The van der Waals surface area contributed by atoms with E-state index in [0.717, 1.165) is 5.92 Å². The van der Waals surface area contributed by atoms with Crippen molar-refractivity contribution in [1.82, 2.24) is 0 Å². The fraction of sp³-hybridized carbons (Fsp3) is 0.800. The first-order valence-electron chi connectivity index (χ1n) is 5.36. The first kappa shape index (κ1) is 22.6. The van der Waals surface area contributed by atoms with Crippen LogP contribution < -0.4 is 11.5 Å². The van der Waals surface area contributed by atoms with Crippen LogP contribution in [0.3, 0.4) is 0 Å². The molecule has 0 spiro atoms. The minimum absolute atomic E-state index is 0. The van der Waals surface area contributed by atoms with Crippen molar-refractivity contribution in [2.75, 3.05) is 0 Å². The van der Waals surface area contributed by atoms with Gasteiger partial charge >= 0.3 is 29.6 Å². The molecular formula is C10H23N2NaO2S2. The maximum atomic E-state index is 7.56. The molecule has 0 atom stereocenters. The summed E-state index contributed by atoms with van der Waals surface area (Å²) >= 11 is 7.74. The Balaban J connectivity index is -0.000000189. The van der Waals surface area contributed by atoms with Gasteiger partial charge in [-0.25, -0.2) is 0 Å². The molecule has 0 radical (unpaired) electrons. The quantitative estimate of drug-likeness (QED) is 0.435. The predicted molar refractivity (Wildman–Crippen MR) is 82.8 cm³/mol. The van der Waals surface area contributed by atoms with Crippen LogP contribution in [0.2, 0.25) is 0 Å². The molecule has 98 valence electrons. The van der Waals surface area contributed by atoms with E-state index < -0.39 is 10.3 Å². The Kier molecular flexibility index (Phi) is 21.7. The molecule has 1 saturated carbocycles. The van der Waals surface area contributed by atoms with Crippen molar-refractivity contribution in [3.05, 3.63) is 0 Å². The monoisotopic (exact) mass is 290 g/mol. The molecule has 6 N–H and O–H groups in total. The molecule has 0 amide bonds. The third-order valence-corrected chi connectivity index (χ3v) is 2.30. The van der Waals surface area contributed by atoms with Gasteiger partial charge in [0.15, 0.2) is 0 Å². The van der Waals surface area contributed by atoms with E-state index in [4.69, 9.17) is 10.2 Å². The number of aliphatic hydroxyl groups excluding tert-OH is 2. The van der Waals surface area contributed by atoms with Crippen LogP contribution in [0.15, 0.2) is 0 Å². The molecule has 0 bridgehead atoms. The maximum absolute atomic E-state index is 7.56. The van der Waals surface area contributed by atoms with Crippen molar-refractivity contribution in [2.24, 2.45) is 17.4 Å². The van der Waals surface area contributed by atoms with Gasteiger partial charge in [0, 0.05) is 0 Å². The summed E-state index contributed by atoms with van der Waals surface area (Å²) in [5.41, 5.74) is 8.80. The average molecular weight is 290 g/mol. The summed E-state index contributed by atoms with van der Waals surface area (Å²) < 4.78 is 0. The van der Waals surface area contributed by atoms with Crippen LogP contribution in [0.25, 0.3) is 0 Å². The molecule has 1 aliphatic carbocycles. The van der Waals surface area contributed by atoms with Crippen LogP contribution in [-0.4, -0.2) is 50.1 Å². The molecule has 7 heteroatoms. The molecule has 1 aliphatic rings. The Hall–Kier alpha value is 0.380. The number of aliphatic hydroxyl groups is 2. The van der Waals surface area contributed by atoms with E-state index >= 15 is 0 Å². The third-order valence-electron chi connectivity index (χ3n) is 2.30. The van der Waals surface area contributed by atoms with E-state index in [0.29, 0.717) is 0 Å². The van der Waals surface area contributed by atoms with Gasteiger partial charge in [-0.05, 0) is 30.4 Å². The number of hydrogen-bond donors (Lipinski definition) is 4. The molecule has 0 heterocycles. The van der Waals surface area contributed by atoms with Gasteiger partial charge in [-0.2, -0.15) is 0 Å². The Morgan fingerprint density at radius 3 is 1.53 bits per heavy atom. The first-order valence-corrected chi connectivity index (χ1v) is 6.18. The standard InChI is InChI=1S/C8H16.2CH3NOS.Na.H/c1-2-8-6-4-3-5-7-8;2*2-1(3)4;;/h8H,2-7H2,1H3;2*(H3,2,3,4);;. The minimum atomic E-state index is -0.500. The van der Waals surface area contributed by atoms with Gasteiger partial charge in [0.2, 0.25) is 0 Å². The fourth-order valence-corrected chi connectivity index (χ4v) is 1.60. The van der Waals surface area contributed by atoms with Gasteiger partial charge in [0.1, 0.15) is 0 Å². The number of rotatable bonds is 1. The summed E-state index contributed by atoms with van der Waals surface area (Å²) in [6.07, 6.45) is 8.93. The molecule has 0 unspecified atom stereocenters. The van der Waals surface area contributed by atoms with Gasteiger partial charge in [-0.1, -0.05) is 45.4 Å². The third kappa shape index (κ3) is 31.4. The van der Waals surface area contributed by atoms with Gasteiger partial charge in [0.05, 0.1) is 0 Å². The van der Waals surface area contributed by atoms with E-state index in [1.807, 2.05) is 0 Å². The van der Waals surface area contributed by atoms with Gasteiger partial charge < -0.3 is 21.7 Å². The van der Waals surface area contributed by atoms with Crippen molar-refractivity contribution in [3.8, 4) is 0 Å². The molecule has 17 heavy (non-hydrogen) atoms. The second kappa shape index (κ2) is 16.4. The van der Waals surface area contributed by atoms with E-state index in [2.05, 4.69) is 42.8 Å². The summed E-state index contributed by atoms with van der Waals surface area (Å²) in [6.45, 7) is 2.32. The Morgan fingerprint density at radius 2 is 1.35 bits per heavy atom. The van der Waals surface area contributed by atoms with Crippen LogP contribution in [0.5, 0.6) is 0 Å². The molecule has 0 aromatic carbocycles. The van der Waals surface area contributed by atoms with Gasteiger partial charge in [-0.15, -0.1) is 0 Å². The topological polar surface area (TPSA) is 92.5 Å². The first-order chi connectivity index (χ1) is 7.40. The zero-order valence-corrected chi connectivity index (χ0v) is 11.3. The SMILES string of the molecule is CCC1CCCCC1.NC(O)=S.NC(O)=S.[NaH]. The molecule has 0 saturated heterocycles. The Labute approximate surface area is 136 Å². The van der Waals surface area contributed by atoms with Crippen molar-refractivity contribution >= 4 is 64.3 Å². The van der Waals surface area contributed by atoms with E-state index in [1.54, 1.807) is 0 Å². The summed E-state index contributed by atoms with van der Waals surface area (Å²) in [5.74, 6) is 1.09. The van der Waals surface area contributed by atoms with E-state index in [-0.39, 0.29) is 29.6 Å². The number of thiocarbonyl (C=S) groups is 2. The molecule has 1 fully saturated rings. The zero-order chi connectivity index (χ0) is 13.0. The van der Waals surface area contributed by atoms with Crippen LogP contribution in [-0.2, 0) is 0 Å². The summed E-state index contributed by atoms with van der Waals surface area (Å²) in [4.78, 5) is 0. The second-order valence-electron chi connectivity index (χ2n) is 3.59. The average Bonchev–Trinajstić information content (AvgIpc) is 2.17.